The van der Waals surface area contributed by atoms with E-state index in [0.717, 1.165) is 45.2 Å². The molecule has 0 saturated carbocycles. The quantitative estimate of drug-likeness (QED) is 0.531. The van der Waals surface area contributed by atoms with Crippen LogP contribution in [-0.4, -0.2) is 56.5 Å². The van der Waals surface area contributed by atoms with Crippen LogP contribution in [0.3, 0.4) is 0 Å². The van der Waals surface area contributed by atoms with Crippen molar-refractivity contribution in [3.05, 3.63) is 63.5 Å². The molecule has 1 amide bonds. The summed E-state index contributed by atoms with van der Waals surface area (Å²) in [7, 11) is 0. The van der Waals surface area contributed by atoms with Gasteiger partial charge in [-0.15, -0.1) is 0 Å². The van der Waals surface area contributed by atoms with Gasteiger partial charge in [0.2, 0.25) is 0 Å². The van der Waals surface area contributed by atoms with Gasteiger partial charge in [-0.2, -0.15) is 0 Å². The Morgan fingerprint density at radius 3 is 2.29 bits per heavy atom. The maximum Gasteiger partial charge on any atom is 0.253 e. The predicted molar refractivity (Wildman–Crippen MR) is 116 cm³/mol. The summed E-state index contributed by atoms with van der Waals surface area (Å²) in [4.78, 5) is 30.0. The van der Waals surface area contributed by atoms with Gasteiger partial charge in [0.25, 0.3) is 5.91 Å². The molecule has 0 N–H and O–H groups in total. The fourth-order valence-electron chi connectivity index (χ4n) is 3.29. The van der Waals surface area contributed by atoms with Crippen LogP contribution in [0.2, 0.25) is 0 Å². The van der Waals surface area contributed by atoms with Crippen molar-refractivity contribution in [1.29, 1.82) is 0 Å². The second-order valence-corrected chi connectivity index (χ2v) is 8.05. The molecule has 7 nitrogen and oxygen atoms in total. The van der Waals surface area contributed by atoms with Gasteiger partial charge in [-0.1, -0.05) is 0 Å². The molecule has 3 aromatic rings. The number of halogens is 1. The molecular weight excluding hydrogens is 467 g/mol. The smallest absolute Gasteiger partial charge is 0.253 e. The van der Waals surface area contributed by atoms with E-state index in [1.54, 1.807) is 12.7 Å². The van der Waals surface area contributed by atoms with Crippen molar-refractivity contribution in [2.24, 2.45) is 0 Å². The molecule has 2 aromatic heterocycles. The van der Waals surface area contributed by atoms with E-state index in [-0.39, 0.29) is 5.91 Å². The summed E-state index contributed by atoms with van der Waals surface area (Å²) < 4.78 is 3.10. The lowest BCUT2D eigenvalue weighted by atomic mass is 10.2. The number of anilines is 1. The summed E-state index contributed by atoms with van der Waals surface area (Å²) in [5.74, 6) is 1.77. The Bertz CT molecular complexity index is 992. The minimum Gasteiger partial charge on any atom is -0.353 e. The van der Waals surface area contributed by atoms with Crippen molar-refractivity contribution in [3.8, 4) is 5.82 Å². The summed E-state index contributed by atoms with van der Waals surface area (Å²) >= 11 is 2.24. The highest BCUT2D eigenvalue weighted by atomic mass is 127. The minimum atomic E-state index is 0.0870. The van der Waals surface area contributed by atoms with E-state index < -0.39 is 0 Å². The Morgan fingerprint density at radius 1 is 0.964 bits per heavy atom. The molecule has 0 bridgehead atoms. The van der Waals surface area contributed by atoms with E-state index >= 15 is 0 Å². The fourth-order valence-corrected chi connectivity index (χ4v) is 3.64. The molecule has 4 rings (SSSR count). The van der Waals surface area contributed by atoms with Crippen LogP contribution in [0, 0.1) is 17.4 Å². The third-order valence-corrected chi connectivity index (χ3v) is 5.84. The van der Waals surface area contributed by atoms with Crippen LogP contribution in [-0.2, 0) is 0 Å². The molecule has 0 aliphatic carbocycles. The van der Waals surface area contributed by atoms with Crippen molar-refractivity contribution >= 4 is 34.3 Å². The summed E-state index contributed by atoms with van der Waals surface area (Å²) in [5, 5.41) is 0. The van der Waals surface area contributed by atoms with Gasteiger partial charge in [0.15, 0.2) is 0 Å². The molecule has 1 aromatic carbocycles. The largest absolute Gasteiger partial charge is 0.353 e. The van der Waals surface area contributed by atoms with Gasteiger partial charge in [0, 0.05) is 47.1 Å². The van der Waals surface area contributed by atoms with Gasteiger partial charge >= 0.3 is 0 Å². The number of piperazine rings is 1. The lowest BCUT2D eigenvalue weighted by molar-refractivity contribution is 0.0746. The maximum absolute atomic E-state index is 12.7. The lowest BCUT2D eigenvalue weighted by Crippen LogP contribution is -2.49. The first kappa shape index (κ1) is 18.9. The molecule has 3 heterocycles. The van der Waals surface area contributed by atoms with Gasteiger partial charge in [-0.25, -0.2) is 15.0 Å². The van der Waals surface area contributed by atoms with E-state index in [2.05, 4.69) is 42.4 Å². The Balaban J connectivity index is 1.45. The number of amides is 1. The first-order valence-electron chi connectivity index (χ1n) is 9.15. The number of hydrogen-bond donors (Lipinski definition) is 0. The zero-order valence-electron chi connectivity index (χ0n) is 15.8. The molecule has 0 spiro atoms. The highest BCUT2D eigenvalue weighted by Gasteiger charge is 2.23. The molecule has 144 valence electrons. The topological polar surface area (TPSA) is 67.2 Å². The van der Waals surface area contributed by atoms with Crippen molar-refractivity contribution in [1.82, 2.24) is 24.4 Å². The lowest BCUT2D eigenvalue weighted by Gasteiger charge is -2.35. The van der Waals surface area contributed by atoms with Crippen LogP contribution in [0.1, 0.15) is 21.7 Å². The van der Waals surface area contributed by atoms with E-state index in [1.165, 1.54) is 0 Å². The first-order valence-corrected chi connectivity index (χ1v) is 10.2. The van der Waals surface area contributed by atoms with Crippen LogP contribution in [0.5, 0.6) is 0 Å². The SMILES string of the molecule is Cc1ncn(-c2cc(N3CCN(C(=O)c4ccc(I)cc4)CC3)ncn2)c1C. The monoisotopic (exact) mass is 488 g/mol. The number of nitrogens with zero attached hydrogens (tertiary/aromatic N) is 6. The van der Waals surface area contributed by atoms with Crippen molar-refractivity contribution in [2.75, 3.05) is 31.1 Å². The summed E-state index contributed by atoms with van der Waals surface area (Å²) in [6.45, 7) is 6.85. The molecular formula is C20H21IN6O. The zero-order chi connectivity index (χ0) is 19.7. The fraction of sp³-hybridized carbons (Fsp3) is 0.300. The molecule has 8 heteroatoms. The molecule has 0 radical (unpaired) electrons. The second-order valence-electron chi connectivity index (χ2n) is 6.81. The van der Waals surface area contributed by atoms with Crippen LogP contribution in [0.4, 0.5) is 5.82 Å². The molecule has 1 aliphatic heterocycles. The van der Waals surface area contributed by atoms with E-state index in [4.69, 9.17) is 0 Å². The Hall–Kier alpha value is -2.49. The number of aryl methyl sites for hydroxylation is 1. The summed E-state index contributed by atoms with van der Waals surface area (Å²) in [6, 6.07) is 9.69. The molecule has 1 saturated heterocycles. The minimum absolute atomic E-state index is 0.0870. The number of benzene rings is 1. The van der Waals surface area contributed by atoms with Crippen molar-refractivity contribution in [3.63, 3.8) is 0 Å². The standard InChI is InChI=1S/C20H21IN6O/c1-14-15(2)27(13-24-14)19-11-18(22-12-23-19)25-7-9-26(10-8-25)20(28)16-3-5-17(21)6-4-16/h3-6,11-13H,7-10H2,1-2H3. The predicted octanol–water partition coefficient (Wildman–Crippen LogP) is 2.85. The average molecular weight is 488 g/mol. The van der Waals surface area contributed by atoms with Crippen molar-refractivity contribution in [2.45, 2.75) is 13.8 Å². The number of imidazole rings is 1. The van der Waals surface area contributed by atoms with E-state index in [1.807, 2.05) is 53.6 Å². The van der Waals surface area contributed by atoms with E-state index in [9.17, 15) is 4.79 Å². The second kappa shape index (κ2) is 7.86. The van der Waals surface area contributed by atoms with Gasteiger partial charge in [-0.3, -0.25) is 9.36 Å². The van der Waals surface area contributed by atoms with Crippen LogP contribution < -0.4 is 4.90 Å². The maximum atomic E-state index is 12.7. The third kappa shape index (κ3) is 3.73. The Kier molecular flexibility index (Phi) is 5.29. The number of aromatic nitrogens is 4. The van der Waals surface area contributed by atoms with Gasteiger partial charge in [0.1, 0.15) is 24.3 Å². The van der Waals surface area contributed by atoms with Gasteiger partial charge in [-0.05, 0) is 60.7 Å². The van der Waals surface area contributed by atoms with Crippen LogP contribution in [0.25, 0.3) is 5.82 Å². The molecule has 0 atom stereocenters. The first-order chi connectivity index (χ1) is 13.5. The van der Waals surface area contributed by atoms with Gasteiger partial charge < -0.3 is 9.80 Å². The van der Waals surface area contributed by atoms with Crippen molar-refractivity contribution < 1.29 is 4.79 Å². The molecule has 0 unspecified atom stereocenters. The zero-order valence-corrected chi connectivity index (χ0v) is 18.0. The normalized spacial score (nSPS) is 14.4. The number of hydrogen-bond acceptors (Lipinski definition) is 5. The van der Waals surface area contributed by atoms with Gasteiger partial charge in [0.05, 0.1) is 5.69 Å². The summed E-state index contributed by atoms with van der Waals surface area (Å²) in [5.41, 5.74) is 2.80. The average Bonchev–Trinajstić information content (AvgIpc) is 3.07. The van der Waals surface area contributed by atoms with Crippen LogP contribution in [0.15, 0.2) is 43.0 Å². The Morgan fingerprint density at radius 2 is 1.64 bits per heavy atom. The highest BCUT2D eigenvalue weighted by Crippen LogP contribution is 2.19. The molecule has 1 aliphatic rings. The van der Waals surface area contributed by atoms with E-state index in [0.29, 0.717) is 13.1 Å². The molecule has 28 heavy (non-hydrogen) atoms. The summed E-state index contributed by atoms with van der Waals surface area (Å²) in [6.07, 6.45) is 3.37. The Labute approximate surface area is 177 Å². The third-order valence-electron chi connectivity index (χ3n) is 5.12. The number of carbonyl (C=O) groups is 1. The van der Waals surface area contributed by atoms with Crippen LogP contribution >= 0.6 is 22.6 Å². The highest BCUT2D eigenvalue weighted by molar-refractivity contribution is 14.1. The number of carbonyl (C=O) groups excluding carboxylic acids is 1. The number of rotatable bonds is 3. The molecule has 1 fully saturated rings.